The van der Waals surface area contributed by atoms with Gasteiger partial charge < -0.3 is 9.14 Å². The zero-order valence-corrected chi connectivity index (χ0v) is 12.6. The minimum absolute atomic E-state index is 0.499. The van der Waals surface area contributed by atoms with Crippen LogP contribution in [0.2, 0.25) is 0 Å². The summed E-state index contributed by atoms with van der Waals surface area (Å²) in [5.74, 6) is 0.823. The predicted molar refractivity (Wildman–Crippen MR) is 93.8 cm³/mol. The van der Waals surface area contributed by atoms with Crippen molar-refractivity contribution in [3.63, 3.8) is 0 Å². The molecule has 0 N–H and O–H groups in total. The second-order valence-electron chi connectivity index (χ2n) is 5.39. The van der Waals surface area contributed by atoms with Crippen LogP contribution in [0.1, 0.15) is 0 Å². The SMILES string of the molecule is C=CCOc1cccc(-c2cn3ccc4ccccc4c3n2)c1. The number of nitrogens with zero attached hydrogens (tertiary/aromatic N) is 2. The third kappa shape index (κ3) is 2.46. The summed E-state index contributed by atoms with van der Waals surface area (Å²) in [4.78, 5) is 4.82. The molecule has 0 aliphatic heterocycles. The Morgan fingerprint density at radius 2 is 2.00 bits per heavy atom. The number of hydrogen-bond donors (Lipinski definition) is 0. The van der Waals surface area contributed by atoms with Crippen molar-refractivity contribution >= 4 is 16.4 Å². The van der Waals surface area contributed by atoms with Crippen molar-refractivity contribution in [2.24, 2.45) is 0 Å². The maximum Gasteiger partial charge on any atom is 0.145 e. The predicted octanol–water partition coefficient (Wildman–Crippen LogP) is 4.72. The van der Waals surface area contributed by atoms with Crippen LogP contribution in [-0.4, -0.2) is 16.0 Å². The minimum atomic E-state index is 0.499. The van der Waals surface area contributed by atoms with Gasteiger partial charge in [0.05, 0.1) is 5.69 Å². The van der Waals surface area contributed by atoms with Gasteiger partial charge in [-0.05, 0) is 23.6 Å². The smallest absolute Gasteiger partial charge is 0.145 e. The first kappa shape index (κ1) is 13.6. The quantitative estimate of drug-likeness (QED) is 0.510. The highest BCUT2D eigenvalue weighted by Crippen LogP contribution is 2.26. The highest BCUT2D eigenvalue weighted by Gasteiger charge is 2.08. The van der Waals surface area contributed by atoms with Crippen LogP contribution >= 0.6 is 0 Å². The van der Waals surface area contributed by atoms with Gasteiger partial charge in [-0.1, -0.05) is 49.1 Å². The number of fused-ring (bicyclic) bond motifs is 3. The number of imidazole rings is 1. The monoisotopic (exact) mass is 300 g/mol. The summed E-state index contributed by atoms with van der Waals surface area (Å²) in [7, 11) is 0. The lowest BCUT2D eigenvalue weighted by Crippen LogP contribution is -1.92. The van der Waals surface area contributed by atoms with Gasteiger partial charge in [0.25, 0.3) is 0 Å². The van der Waals surface area contributed by atoms with Crippen LogP contribution in [0.4, 0.5) is 0 Å². The lowest BCUT2D eigenvalue weighted by atomic mass is 10.1. The van der Waals surface area contributed by atoms with Crippen molar-refractivity contribution in [2.75, 3.05) is 6.61 Å². The molecule has 112 valence electrons. The molecule has 0 aliphatic carbocycles. The first-order valence-electron chi connectivity index (χ1n) is 7.56. The van der Waals surface area contributed by atoms with Crippen LogP contribution < -0.4 is 4.74 Å². The van der Waals surface area contributed by atoms with Gasteiger partial charge in [0.1, 0.15) is 18.0 Å². The van der Waals surface area contributed by atoms with Gasteiger partial charge in [0.2, 0.25) is 0 Å². The molecule has 0 saturated heterocycles. The van der Waals surface area contributed by atoms with Gasteiger partial charge in [-0.15, -0.1) is 0 Å². The minimum Gasteiger partial charge on any atom is -0.490 e. The number of ether oxygens (including phenoxy) is 1. The van der Waals surface area contributed by atoms with Crippen LogP contribution in [0.5, 0.6) is 5.75 Å². The van der Waals surface area contributed by atoms with E-state index in [1.54, 1.807) is 6.08 Å². The van der Waals surface area contributed by atoms with E-state index in [1.165, 1.54) is 5.39 Å². The molecule has 0 unspecified atom stereocenters. The zero-order valence-electron chi connectivity index (χ0n) is 12.6. The molecule has 0 bridgehead atoms. The van der Waals surface area contributed by atoms with E-state index in [9.17, 15) is 0 Å². The maximum absolute atomic E-state index is 5.61. The summed E-state index contributed by atoms with van der Waals surface area (Å²) >= 11 is 0. The molecule has 4 rings (SSSR count). The average molecular weight is 300 g/mol. The molecule has 23 heavy (non-hydrogen) atoms. The van der Waals surface area contributed by atoms with Crippen LogP contribution in [0, 0.1) is 0 Å². The van der Waals surface area contributed by atoms with Crippen LogP contribution in [0.15, 0.2) is 79.6 Å². The molecule has 0 aliphatic rings. The summed E-state index contributed by atoms with van der Waals surface area (Å²) in [5.41, 5.74) is 2.94. The van der Waals surface area contributed by atoms with E-state index in [2.05, 4.69) is 29.2 Å². The Balaban J connectivity index is 1.83. The number of pyridine rings is 1. The Morgan fingerprint density at radius 1 is 1.09 bits per heavy atom. The van der Waals surface area contributed by atoms with E-state index in [1.807, 2.05) is 48.8 Å². The summed E-state index contributed by atoms with van der Waals surface area (Å²) in [5, 5.41) is 2.35. The molecule has 0 saturated carbocycles. The van der Waals surface area contributed by atoms with Crippen molar-refractivity contribution in [3.05, 3.63) is 79.6 Å². The first-order valence-corrected chi connectivity index (χ1v) is 7.56. The van der Waals surface area contributed by atoms with Gasteiger partial charge in [-0.2, -0.15) is 0 Å². The third-order valence-corrected chi connectivity index (χ3v) is 3.85. The normalized spacial score (nSPS) is 11.0. The summed E-state index contributed by atoms with van der Waals surface area (Å²) in [6.07, 6.45) is 5.84. The van der Waals surface area contributed by atoms with E-state index < -0.39 is 0 Å². The van der Waals surface area contributed by atoms with Crippen LogP contribution in [0.25, 0.3) is 27.7 Å². The largest absolute Gasteiger partial charge is 0.490 e. The van der Waals surface area contributed by atoms with Crippen molar-refractivity contribution in [3.8, 4) is 17.0 Å². The molecule has 4 aromatic rings. The van der Waals surface area contributed by atoms with E-state index in [0.717, 1.165) is 28.0 Å². The van der Waals surface area contributed by atoms with Gasteiger partial charge in [-0.25, -0.2) is 4.98 Å². The summed E-state index contributed by atoms with van der Waals surface area (Å²) in [6.45, 7) is 4.17. The van der Waals surface area contributed by atoms with E-state index in [4.69, 9.17) is 9.72 Å². The van der Waals surface area contributed by atoms with Gasteiger partial charge in [0.15, 0.2) is 0 Å². The Hall–Kier alpha value is -3.07. The molecule has 0 fully saturated rings. The Morgan fingerprint density at radius 3 is 2.91 bits per heavy atom. The summed E-state index contributed by atoms with van der Waals surface area (Å²) < 4.78 is 7.67. The van der Waals surface area contributed by atoms with Crippen molar-refractivity contribution in [2.45, 2.75) is 0 Å². The molecule has 0 amide bonds. The number of aromatic nitrogens is 2. The molecule has 0 atom stereocenters. The molecule has 2 aromatic carbocycles. The first-order chi connectivity index (χ1) is 11.3. The van der Waals surface area contributed by atoms with E-state index in [0.29, 0.717) is 6.61 Å². The Bertz CT molecular complexity index is 1000. The highest BCUT2D eigenvalue weighted by molar-refractivity contribution is 5.94. The topological polar surface area (TPSA) is 26.5 Å². The molecule has 2 aromatic heterocycles. The second-order valence-corrected chi connectivity index (χ2v) is 5.39. The zero-order chi connectivity index (χ0) is 15.6. The molecule has 2 heterocycles. The number of benzene rings is 2. The molecule has 0 radical (unpaired) electrons. The number of rotatable bonds is 4. The van der Waals surface area contributed by atoms with Crippen molar-refractivity contribution in [1.29, 1.82) is 0 Å². The third-order valence-electron chi connectivity index (χ3n) is 3.85. The maximum atomic E-state index is 5.61. The molecule has 0 spiro atoms. The highest BCUT2D eigenvalue weighted by atomic mass is 16.5. The Labute approximate surface area is 134 Å². The van der Waals surface area contributed by atoms with Crippen LogP contribution in [-0.2, 0) is 0 Å². The lowest BCUT2D eigenvalue weighted by Gasteiger charge is -2.04. The fourth-order valence-corrected chi connectivity index (χ4v) is 2.75. The molecular formula is C20H16N2O. The molecule has 3 heteroatoms. The van der Waals surface area contributed by atoms with E-state index in [-0.39, 0.29) is 0 Å². The summed E-state index contributed by atoms with van der Waals surface area (Å²) in [6, 6.07) is 18.4. The number of hydrogen-bond acceptors (Lipinski definition) is 2. The van der Waals surface area contributed by atoms with Crippen LogP contribution in [0.3, 0.4) is 0 Å². The fourth-order valence-electron chi connectivity index (χ4n) is 2.75. The second kappa shape index (κ2) is 5.61. The molecule has 3 nitrogen and oxygen atoms in total. The fraction of sp³-hybridized carbons (Fsp3) is 0.0500. The Kier molecular flexibility index (Phi) is 3.31. The standard InChI is InChI=1S/C20H16N2O/c1-2-12-23-17-8-5-7-16(13-17)19-14-22-11-10-15-6-3-4-9-18(15)20(22)21-19/h2-11,13-14H,1,12H2. The van der Waals surface area contributed by atoms with Crippen molar-refractivity contribution in [1.82, 2.24) is 9.38 Å². The lowest BCUT2D eigenvalue weighted by molar-refractivity contribution is 0.363. The van der Waals surface area contributed by atoms with Gasteiger partial charge >= 0.3 is 0 Å². The molecular weight excluding hydrogens is 284 g/mol. The van der Waals surface area contributed by atoms with Gasteiger partial charge in [0, 0.05) is 23.3 Å². The van der Waals surface area contributed by atoms with Gasteiger partial charge in [-0.3, -0.25) is 0 Å². The van der Waals surface area contributed by atoms with E-state index >= 15 is 0 Å². The average Bonchev–Trinajstić information content (AvgIpc) is 3.05. The van der Waals surface area contributed by atoms with Crippen molar-refractivity contribution < 1.29 is 4.74 Å².